The highest BCUT2D eigenvalue weighted by atomic mass is 16.6. The number of nitrogens with zero attached hydrogens (tertiary/aromatic N) is 2. The number of hydrogen-bond acceptors (Lipinski definition) is 6. The van der Waals surface area contributed by atoms with Crippen LogP contribution in [0, 0.1) is 20.2 Å². The van der Waals surface area contributed by atoms with Crippen LogP contribution in [0.3, 0.4) is 0 Å². The average Bonchev–Trinajstić information content (AvgIpc) is 2.55. The van der Waals surface area contributed by atoms with Crippen molar-refractivity contribution in [3.63, 3.8) is 0 Å². The predicted molar refractivity (Wildman–Crippen MR) is 83.8 cm³/mol. The number of anilines is 1. The van der Waals surface area contributed by atoms with E-state index in [4.69, 9.17) is 0 Å². The fourth-order valence-electron chi connectivity index (χ4n) is 1.94. The van der Waals surface area contributed by atoms with E-state index in [0.717, 1.165) is 12.1 Å². The van der Waals surface area contributed by atoms with E-state index in [1.807, 2.05) is 0 Å². The van der Waals surface area contributed by atoms with Crippen LogP contribution in [-0.4, -0.2) is 21.5 Å². The number of benzene rings is 2. The molecule has 24 heavy (non-hydrogen) atoms. The molecule has 0 bridgehead atoms. The summed E-state index contributed by atoms with van der Waals surface area (Å²) in [6.45, 7) is 0. The van der Waals surface area contributed by atoms with E-state index in [2.05, 4.69) is 5.32 Å². The molecule has 0 aliphatic heterocycles. The van der Waals surface area contributed by atoms with Crippen molar-refractivity contribution in [1.82, 2.24) is 0 Å². The summed E-state index contributed by atoms with van der Waals surface area (Å²) in [5.41, 5.74) is -0.225. The molecule has 122 valence electrons. The first-order valence-electron chi connectivity index (χ1n) is 6.69. The second-order valence-electron chi connectivity index (χ2n) is 4.76. The number of non-ortho nitro benzene ring substituents is 2. The third-order valence-corrected chi connectivity index (χ3v) is 3.04. The van der Waals surface area contributed by atoms with E-state index in [9.17, 15) is 29.8 Å². The summed E-state index contributed by atoms with van der Waals surface area (Å²) in [6.07, 6.45) is -0.538. The maximum Gasteiger partial charge on any atom is 0.271 e. The molecule has 1 N–H and O–H groups in total. The van der Waals surface area contributed by atoms with Crippen LogP contribution < -0.4 is 5.32 Å². The Balaban J connectivity index is 2.05. The fraction of sp³-hybridized carbons (Fsp3) is 0.0667. The molecule has 0 aromatic heterocycles. The molecule has 2 rings (SSSR count). The van der Waals surface area contributed by atoms with Crippen molar-refractivity contribution < 1.29 is 19.4 Å². The van der Waals surface area contributed by atoms with Crippen LogP contribution in [0.2, 0.25) is 0 Å². The Labute approximate surface area is 135 Å². The first-order valence-corrected chi connectivity index (χ1v) is 6.69. The van der Waals surface area contributed by atoms with E-state index in [1.54, 1.807) is 0 Å². The Kier molecular flexibility index (Phi) is 4.95. The molecule has 1 amide bonds. The van der Waals surface area contributed by atoms with Gasteiger partial charge in [-0.3, -0.25) is 29.8 Å². The van der Waals surface area contributed by atoms with Gasteiger partial charge in [-0.1, -0.05) is 18.2 Å². The Hall–Kier alpha value is -3.62. The lowest BCUT2D eigenvalue weighted by Gasteiger charge is -2.05. The van der Waals surface area contributed by atoms with E-state index in [-0.39, 0.29) is 22.6 Å². The fourth-order valence-corrected chi connectivity index (χ4v) is 1.94. The number of Topliss-reactive ketones (excluding diaryl/α,β-unsaturated/α-hetero) is 1. The zero-order chi connectivity index (χ0) is 17.7. The zero-order valence-electron chi connectivity index (χ0n) is 12.2. The van der Waals surface area contributed by atoms with Crippen molar-refractivity contribution in [2.45, 2.75) is 6.42 Å². The lowest BCUT2D eigenvalue weighted by Crippen LogP contribution is -2.16. The molecule has 2 aromatic carbocycles. The van der Waals surface area contributed by atoms with Gasteiger partial charge in [0, 0.05) is 35.5 Å². The Morgan fingerprint density at radius 1 is 0.917 bits per heavy atom. The van der Waals surface area contributed by atoms with E-state index in [0.29, 0.717) is 0 Å². The topological polar surface area (TPSA) is 132 Å². The minimum atomic E-state index is -0.674. The molecular weight excluding hydrogens is 318 g/mol. The Bertz CT molecular complexity index is 833. The van der Waals surface area contributed by atoms with Crippen molar-refractivity contribution >= 4 is 28.8 Å². The number of carbonyl (C=O) groups excluding carboxylic acids is 2. The number of nitro benzene ring substituents is 2. The summed E-state index contributed by atoms with van der Waals surface area (Å²) in [4.78, 5) is 44.0. The standard InChI is InChI=1S/C15H11N3O6/c19-14(10-3-1-5-12(7-10)17(21)22)9-15(20)16-11-4-2-6-13(8-11)18(23)24/h1-8H,9H2,(H,16,20). The number of rotatable bonds is 6. The van der Waals surface area contributed by atoms with Crippen LogP contribution in [0.25, 0.3) is 0 Å². The highest BCUT2D eigenvalue weighted by molar-refractivity contribution is 6.11. The van der Waals surface area contributed by atoms with Crippen LogP contribution in [0.1, 0.15) is 16.8 Å². The van der Waals surface area contributed by atoms with Gasteiger partial charge < -0.3 is 5.32 Å². The summed E-state index contributed by atoms with van der Waals surface area (Å²) in [5.74, 6) is -1.27. The monoisotopic (exact) mass is 329 g/mol. The summed E-state index contributed by atoms with van der Waals surface area (Å²) < 4.78 is 0. The van der Waals surface area contributed by atoms with Crippen molar-refractivity contribution in [2.24, 2.45) is 0 Å². The molecule has 0 unspecified atom stereocenters. The second-order valence-corrected chi connectivity index (χ2v) is 4.76. The highest BCUT2D eigenvalue weighted by Crippen LogP contribution is 2.18. The lowest BCUT2D eigenvalue weighted by molar-refractivity contribution is -0.385. The largest absolute Gasteiger partial charge is 0.325 e. The van der Waals surface area contributed by atoms with Crippen LogP contribution >= 0.6 is 0 Å². The summed E-state index contributed by atoms with van der Waals surface area (Å²) in [6, 6.07) is 10.3. The van der Waals surface area contributed by atoms with Gasteiger partial charge in [-0.15, -0.1) is 0 Å². The SMILES string of the molecule is O=C(CC(=O)c1cccc([N+](=O)[O-])c1)Nc1cccc([N+](=O)[O-])c1. The number of nitrogens with one attached hydrogen (secondary N) is 1. The molecule has 0 heterocycles. The maximum absolute atomic E-state index is 12.0. The molecule has 0 radical (unpaired) electrons. The summed E-state index contributed by atoms with van der Waals surface area (Å²) >= 11 is 0. The molecule has 0 spiro atoms. The maximum atomic E-state index is 12.0. The number of nitro groups is 2. The van der Waals surface area contributed by atoms with Gasteiger partial charge in [0.1, 0.15) is 0 Å². The minimum Gasteiger partial charge on any atom is -0.325 e. The molecule has 0 fully saturated rings. The van der Waals surface area contributed by atoms with E-state index in [1.165, 1.54) is 36.4 Å². The molecule has 0 aliphatic carbocycles. The second kappa shape index (κ2) is 7.09. The predicted octanol–water partition coefficient (Wildman–Crippen LogP) is 2.71. The zero-order valence-corrected chi connectivity index (χ0v) is 12.2. The van der Waals surface area contributed by atoms with E-state index >= 15 is 0 Å². The van der Waals surface area contributed by atoms with E-state index < -0.39 is 28.0 Å². The van der Waals surface area contributed by atoms with Crippen LogP contribution in [0.15, 0.2) is 48.5 Å². The Morgan fingerprint density at radius 3 is 2.12 bits per heavy atom. The summed E-state index contributed by atoms with van der Waals surface area (Å²) in [7, 11) is 0. The molecule has 0 saturated carbocycles. The quantitative estimate of drug-likeness (QED) is 0.375. The Morgan fingerprint density at radius 2 is 1.50 bits per heavy atom. The normalized spacial score (nSPS) is 10.0. The van der Waals surface area contributed by atoms with Crippen LogP contribution in [-0.2, 0) is 4.79 Å². The lowest BCUT2D eigenvalue weighted by atomic mass is 10.1. The smallest absolute Gasteiger partial charge is 0.271 e. The molecule has 2 aromatic rings. The summed E-state index contributed by atoms with van der Waals surface area (Å²) in [5, 5.41) is 23.7. The van der Waals surface area contributed by atoms with Gasteiger partial charge in [-0.2, -0.15) is 0 Å². The van der Waals surface area contributed by atoms with Crippen molar-refractivity contribution in [3.8, 4) is 0 Å². The molecule has 0 atom stereocenters. The number of hydrogen-bond donors (Lipinski definition) is 1. The van der Waals surface area contributed by atoms with Crippen LogP contribution in [0.4, 0.5) is 17.1 Å². The van der Waals surface area contributed by atoms with Crippen LogP contribution in [0.5, 0.6) is 0 Å². The average molecular weight is 329 g/mol. The van der Waals surface area contributed by atoms with Crippen molar-refractivity contribution in [2.75, 3.05) is 5.32 Å². The highest BCUT2D eigenvalue weighted by Gasteiger charge is 2.16. The number of ketones is 1. The van der Waals surface area contributed by atoms with Gasteiger partial charge in [0.15, 0.2) is 5.78 Å². The van der Waals surface area contributed by atoms with Gasteiger partial charge in [0.2, 0.25) is 5.91 Å². The first-order chi connectivity index (χ1) is 11.4. The van der Waals surface area contributed by atoms with Gasteiger partial charge in [-0.25, -0.2) is 0 Å². The molecule has 0 aliphatic rings. The van der Waals surface area contributed by atoms with Gasteiger partial charge in [0.25, 0.3) is 11.4 Å². The van der Waals surface area contributed by atoms with Gasteiger partial charge in [0.05, 0.1) is 16.3 Å². The number of carbonyl (C=O) groups is 2. The molecular formula is C15H11N3O6. The first kappa shape index (κ1) is 16.7. The third-order valence-electron chi connectivity index (χ3n) is 3.04. The number of amides is 1. The van der Waals surface area contributed by atoms with Crippen molar-refractivity contribution in [1.29, 1.82) is 0 Å². The van der Waals surface area contributed by atoms with Gasteiger partial charge >= 0.3 is 0 Å². The molecule has 9 heteroatoms. The molecule has 9 nitrogen and oxygen atoms in total. The van der Waals surface area contributed by atoms with Gasteiger partial charge in [-0.05, 0) is 6.07 Å². The minimum absolute atomic E-state index is 0.0402. The third kappa shape index (κ3) is 4.19. The molecule has 0 saturated heterocycles. The van der Waals surface area contributed by atoms with Crippen molar-refractivity contribution in [3.05, 3.63) is 74.3 Å².